The van der Waals surface area contributed by atoms with Crippen molar-refractivity contribution in [2.75, 3.05) is 6.54 Å². The van der Waals surface area contributed by atoms with Crippen LogP contribution in [-0.4, -0.2) is 30.9 Å². The third-order valence-electron chi connectivity index (χ3n) is 3.52. The number of ether oxygens (including phenoxy) is 1. The van der Waals surface area contributed by atoms with Crippen molar-refractivity contribution in [3.05, 3.63) is 71.8 Å². The monoisotopic (exact) mass is 340 g/mol. The lowest BCUT2D eigenvalue weighted by Crippen LogP contribution is -2.46. The average molecular weight is 340 g/mol. The van der Waals surface area contributed by atoms with Gasteiger partial charge in [-0.2, -0.15) is 0 Å². The van der Waals surface area contributed by atoms with Crippen molar-refractivity contribution in [2.24, 2.45) is 0 Å². The number of hydrogen-bond donors (Lipinski definition) is 2. The number of carbonyl (C=O) groups excluding carboxylic acids is 3. The Labute approximate surface area is 146 Å². The van der Waals surface area contributed by atoms with E-state index < -0.39 is 17.9 Å². The van der Waals surface area contributed by atoms with Gasteiger partial charge in [-0.05, 0) is 11.1 Å². The van der Waals surface area contributed by atoms with Gasteiger partial charge in [-0.15, -0.1) is 0 Å². The van der Waals surface area contributed by atoms with Crippen molar-refractivity contribution in [1.82, 2.24) is 10.6 Å². The van der Waals surface area contributed by atoms with Crippen LogP contribution in [0, 0.1) is 0 Å². The van der Waals surface area contributed by atoms with Crippen molar-refractivity contribution in [3.63, 3.8) is 0 Å². The number of nitrogens with one attached hydrogen (secondary N) is 2. The van der Waals surface area contributed by atoms with E-state index in [1.165, 1.54) is 0 Å². The lowest BCUT2D eigenvalue weighted by atomic mass is 10.1. The Morgan fingerprint density at radius 2 is 1.56 bits per heavy atom. The van der Waals surface area contributed by atoms with Gasteiger partial charge in [-0.1, -0.05) is 60.7 Å². The standard InChI is InChI=1S/C19H20N2O4/c22-14-21-17(11-15-7-3-1-4-8-15)19(24)20-12-18(23)25-13-16-9-5-2-6-10-16/h1-10,14,17H,11-13H2,(H,20,24)(H,21,22). The van der Waals surface area contributed by atoms with Crippen molar-refractivity contribution < 1.29 is 19.1 Å². The minimum atomic E-state index is -0.748. The van der Waals surface area contributed by atoms with E-state index in [0.29, 0.717) is 12.8 Å². The number of hydrogen-bond acceptors (Lipinski definition) is 4. The number of esters is 1. The van der Waals surface area contributed by atoms with E-state index >= 15 is 0 Å². The molecule has 0 spiro atoms. The molecule has 0 radical (unpaired) electrons. The first-order valence-electron chi connectivity index (χ1n) is 7.90. The van der Waals surface area contributed by atoms with Gasteiger partial charge in [0.2, 0.25) is 12.3 Å². The molecule has 2 aromatic rings. The van der Waals surface area contributed by atoms with Gasteiger partial charge >= 0.3 is 5.97 Å². The molecule has 0 saturated heterocycles. The largest absolute Gasteiger partial charge is 0.460 e. The van der Waals surface area contributed by atoms with Crippen LogP contribution in [0.4, 0.5) is 0 Å². The first-order chi connectivity index (χ1) is 12.2. The van der Waals surface area contributed by atoms with Crippen LogP contribution in [0.2, 0.25) is 0 Å². The van der Waals surface area contributed by atoms with Gasteiger partial charge in [0, 0.05) is 6.42 Å². The van der Waals surface area contributed by atoms with Gasteiger partial charge in [0.25, 0.3) is 0 Å². The lowest BCUT2D eigenvalue weighted by Gasteiger charge is -2.16. The molecule has 130 valence electrons. The summed E-state index contributed by atoms with van der Waals surface area (Å²) >= 11 is 0. The third kappa shape index (κ3) is 6.47. The van der Waals surface area contributed by atoms with E-state index in [-0.39, 0.29) is 13.2 Å². The number of carbonyl (C=O) groups is 3. The molecule has 25 heavy (non-hydrogen) atoms. The van der Waals surface area contributed by atoms with Crippen LogP contribution in [-0.2, 0) is 32.1 Å². The number of amides is 2. The Kier molecular flexibility index (Phi) is 7.18. The SMILES string of the molecule is O=CNC(Cc1ccccc1)C(=O)NCC(=O)OCc1ccccc1. The summed E-state index contributed by atoms with van der Waals surface area (Å²) in [7, 11) is 0. The topological polar surface area (TPSA) is 84.5 Å². The quantitative estimate of drug-likeness (QED) is 0.531. The molecule has 0 aromatic heterocycles. The van der Waals surface area contributed by atoms with Crippen molar-refractivity contribution in [1.29, 1.82) is 0 Å². The van der Waals surface area contributed by atoms with Gasteiger partial charge in [0.05, 0.1) is 0 Å². The van der Waals surface area contributed by atoms with Crippen LogP contribution >= 0.6 is 0 Å². The zero-order chi connectivity index (χ0) is 17.9. The number of benzene rings is 2. The summed E-state index contributed by atoms with van der Waals surface area (Å²) in [6.07, 6.45) is 0.811. The summed E-state index contributed by atoms with van der Waals surface area (Å²) < 4.78 is 5.09. The molecule has 1 unspecified atom stereocenters. The summed E-state index contributed by atoms with van der Waals surface area (Å²) in [6.45, 7) is -0.104. The molecule has 6 heteroatoms. The molecule has 1 atom stereocenters. The van der Waals surface area contributed by atoms with E-state index in [2.05, 4.69) is 10.6 Å². The first-order valence-corrected chi connectivity index (χ1v) is 7.90. The summed E-state index contributed by atoms with van der Waals surface area (Å²) in [5, 5.41) is 4.96. The average Bonchev–Trinajstić information content (AvgIpc) is 2.66. The Morgan fingerprint density at radius 3 is 2.16 bits per heavy atom. The fourth-order valence-electron chi connectivity index (χ4n) is 2.23. The smallest absolute Gasteiger partial charge is 0.325 e. The highest BCUT2D eigenvalue weighted by molar-refractivity contribution is 5.87. The molecule has 0 fully saturated rings. The van der Waals surface area contributed by atoms with Crippen LogP contribution < -0.4 is 10.6 Å². The fourth-order valence-corrected chi connectivity index (χ4v) is 2.23. The molecule has 0 saturated carbocycles. The van der Waals surface area contributed by atoms with Gasteiger partial charge in [0.1, 0.15) is 19.2 Å². The Bertz CT molecular complexity index is 689. The van der Waals surface area contributed by atoms with Crippen LogP contribution in [0.25, 0.3) is 0 Å². The normalized spacial score (nSPS) is 11.2. The van der Waals surface area contributed by atoms with Crippen LogP contribution in [0.15, 0.2) is 60.7 Å². The predicted molar refractivity (Wildman–Crippen MR) is 92.4 cm³/mol. The number of rotatable bonds is 9. The van der Waals surface area contributed by atoms with Crippen LogP contribution in [0.3, 0.4) is 0 Å². The maximum absolute atomic E-state index is 12.2. The van der Waals surface area contributed by atoms with E-state index in [4.69, 9.17) is 4.74 Å². The molecular formula is C19H20N2O4. The summed E-state index contributed by atoms with van der Waals surface area (Å²) in [5.74, 6) is -0.977. The summed E-state index contributed by atoms with van der Waals surface area (Å²) in [4.78, 5) is 34.6. The molecular weight excluding hydrogens is 320 g/mol. The maximum atomic E-state index is 12.2. The second kappa shape index (κ2) is 9.87. The van der Waals surface area contributed by atoms with E-state index in [9.17, 15) is 14.4 Å². The Hall–Kier alpha value is -3.15. The highest BCUT2D eigenvalue weighted by Gasteiger charge is 2.19. The molecule has 2 amide bonds. The summed E-state index contributed by atoms with van der Waals surface area (Å²) in [6, 6.07) is 17.8. The molecule has 0 heterocycles. The Balaban J connectivity index is 1.79. The van der Waals surface area contributed by atoms with Crippen LogP contribution in [0.1, 0.15) is 11.1 Å². The first kappa shape index (κ1) is 18.2. The highest BCUT2D eigenvalue weighted by atomic mass is 16.5. The zero-order valence-electron chi connectivity index (χ0n) is 13.7. The fraction of sp³-hybridized carbons (Fsp3) is 0.211. The van der Waals surface area contributed by atoms with Crippen LogP contribution in [0.5, 0.6) is 0 Å². The molecule has 2 rings (SSSR count). The van der Waals surface area contributed by atoms with Gasteiger partial charge in [-0.3, -0.25) is 14.4 Å². The van der Waals surface area contributed by atoms with E-state index in [0.717, 1.165) is 11.1 Å². The van der Waals surface area contributed by atoms with Gasteiger partial charge in [-0.25, -0.2) is 0 Å². The van der Waals surface area contributed by atoms with Crippen molar-refractivity contribution >= 4 is 18.3 Å². The third-order valence-corrected chi connectivity index (χ3v) is 3.52. The molecule has 0 aliphatic rings. The maximum Gasteiger partial charge on any atom is 0.325 e. The van der Waals surface area contributed by atoms with Crippen molar-refractivity contribution in [2.45, 2.75) is 19.1 Å². The molecule has 2 aromatic carbocycles. The van der Waals surface area contributed by atoms with E-state index in [1.807, 2.05) is 60.7 Å². The summed E-state index contributed by atoms with van der Waals surface area (Å²) in [5.41, 5.74) is 1.77. The highest BCUT2D eigenvalue weighted by Crippen LogP contribution is 2.03. The second-order valence-corrected chi connectivity index (χ2v) is 5.39. The molecule has 6 nitrogen and oxygen atoms in total. The predicted octanol–water partition coefficient (Wildman–Crippen LogP) is 1.20. The van der Waals surface area contributed by atoms with Gasteiger partial charge in [0.15, 0.2) is 0 Å². The molecule has 0 bridgehead atoms. The zero-order valence-corrected chi connectivity index (χ0v) is 13.7. The minimum absolute atomic E-state index is 0.148. The molecule has 2 N–H and O–H groups in total. The lowest BCUT2D eigenvalue weighted by molar-refractivity contribution is -0.145. The molecule has 0 aliphatic heterocycles. The Morgan fingerprint density at radius 1 is 0.960 bits per heavy atom. The second-order valence-electron chi connectivity index (χ2n) is 5.39. The van der Waals surface area contributed by atoms with Gasteiger partial charge < -0.3 is 15.4 Å². The van der Waals surface area contributed by atoms with E-state index in [1.54, 1.807) is 0 Å². The van der Waals surface area contributed by atoms with Crippen molar-refractivity contribution in [3.8, 4) is 0 Å². The minimum Gasteiger partial charge on any atom is -0.460 e. The molecule has 0 aliphatic carbocycles.